The second-order valence-corrected chi connectivity index (χ2v) is 7.21. The summed E-state index contributed by atoms with van der Waals surface area (Å²) in [7, 11) is 1.64. The van der Waals surface area contributed by atoms with Crippen LogP contribution in [0.2, 0.25) is 0 Å². The Balaban J connectivity index is 1.37. The molecule has 1 atom stereocenters. The highest BCUT2D eigenvalue weighted by Gasteiger charge is 2.27. The molecule has 1 fully saturated rings. The lowest BCUT2D eigenvalue weighted by atomic mass is 9.86. The van der Waals surface area contributed by atoms with E-state index >= 15 is 0 Å². The number of nitrogens with one attached hydrogen (secondary N) is 1. The van der Waals surface area contributed by atoms with Crippen LogP contribution < -0.4 is 15.0 Å². The minimum Gasteiger partial charge on any atom is -0.496 e. The van der Waals surface area contributed by atoms with Crippen molar-refractivity contribution in [2.24, 2.45) is 5.92 Å². The molecule has 1 unspecified atom stereocenters. The van der Waals surface area contributed by atoms with E-state index in [4.69, 9.17) is 14.5 Å². The molecule has 1 aliphatic heterocycles. The number of anilines is 1. The monoisotopic (exact) mass is 382 g/mol. The summed E-state index contributed by atoms with van der Waals surface area (Å²) < 4.78 is 10.7. The van der Waals surface area contributed by atoms with Gasteiger partial charge in [0.15, 0.2) is 0 Å². The van der Waals surface area contributed by atoms with E-state index in [9.17, 15) is 4.79 Å². The number of rotatable bonds is 5. The van der Waals surface area contributed by atoms with Gasteiger partial charge in [0.25, 0.3) is 0 Å². The highest BCUT2D eigenvalue weighted by Crippen LogP contribution is 2.26. The first-order valence-corrected chi connectivity index (χ1v) is 9.81. The maximum absolute atomic E-state index is 12.7. The van der Waals surface area contributed by atoms with Crippen molar-refractivity contribution in [1.82, 2.24) is 15.3 Å². The van der Waals surface area contributed by atoms with Crippen LogP contribution in [0.3, 0.4) is 0 Å². The third kappa shape index (κ3) is 4.09. The molecule has 1 N–H and O–H groups in total. The van der Waals surface area contributed by atoms with Crippen LogP contribution in [0.25, 0.3) is 0 Å². The number of fused-ring (bicyclic) bond motifs is 1. The Bertz CT molecular complexity index is 836. The van der Waals surface area contributed by atoms with Gasteiger partial charge in [0.05, 0.1) is 20.3 Å². The summed E-state index contributed by atoms with van der Waals surface area (Å²) in [5, 5.41) is 3.06. The number of benzene rings is 1. The zero-order valence-electron chi connectivity index (χ0n) is 16.2. The molecule has 0 saturated carbocycles. The van der Waals surface area contributed by atoms with E-state index in [1.807, 2.05) is 30.5 Å². The molecule has 2 heterocycles. The molecular formula is C21H26N4O3. The van der Waals surface area contributed by atoms with E-state index in [0.29, 0.717) is 13.0 Å². The number of amides is 1. The Kier molecular flexibility index (Phi) is 5.71. The minimum absolute atomic E-state index is 0.0416. The molecule has 148 valence electrons. The van der Waals surface area contributed by atoms with Crippen molar-refractivity contribution < 1.29 is 14.3 Å². The number of hydrogen-bond donors (Lipinski definition) is 1. The molecular weight excluding hydrogens is 356 g/mol. The Morgan fingerprint density at radius 3 is 2.96 bits per heavy atom. The highest BCUT2D eigenvalue weighted by molar-refractivity contribution is 5.79. The molecule has 0 radical (unpaired) electrons. The van der Waals surface area contributed by atoms with Crippen molar-refractivity contribution in [1.29, 1.82) is 0 Å². The topological polar surface area (TPSA) is 76.6 Å². The van der Waals surface area contributed by atoms with E-state index in [1.165, 1.54) is 0 Å². The van der Waals surface area contributed by atoms with Crippen molar-refractivity contribution in [3.8, 4) is 5.75 Å². The third-order valence-corrected chi connectivity index (χ3v) is 5.45. The molecule has 1 aliphatic carbocycles. The number of morpholine rings is 1. The van der Waals surface area contributed by atoms with E-state index in [0.717, 1.165) is 67.7 Å². The Labute approximate surface area is 165 Å². The standard InChI is InChI=1S/C21H26N4O3/c1-27-19-5-3-2-4-16(19)13-22-20(26)15-6-7-18-17(12-15)14-23-21(24-18)25-8-10-28-11-9-25/h2-5,14-15H,6-13H2,1H3,(H,22,26). The molecule has 4 rings (SSSR count). The molecule has 0 bridgehead atoms. The second-order valence-electron chi connectivity index (χ2n) is 7.21. The van der Waals surface area contributed by atoms with Crippen molar-refractivity contribution in [2.75, 3.05) is 38.3 Å². The summed E-state index contributed by atoms with van der Waals surface area (Å²) in [6.07, 6.45) is 4.20. The fraction of sp³-hybridized carbons (Fsp3) is 0.476. The molecule has 2 aromatic rings. The molecule has 1 aromatic heterocycles. The average molecular weight is 382 g/mol. The molecule has 7 heteroatoms. The van der Waals surface area contributed by atoms with Gasteiger partial charge in [0, 0.05) is 43.0 Å². The molecule has 1 aromatic carbocycles. The number of carbonyl (C=O) groups excluding carboxylic acids is 1. The van der Waals surface area contributed by atoms with Crippen molar-refractivity contribution >= 4 is 11.9 Å². The van der Waals surface area contributed by atoms with Crippen LogP contribution in [0.4, 0.5) is 5.95 Å². The summed E-state index contributed by atoms with van der Waals surface area (Å²) in [4.78, 5) is 24.1. The zero-order chi connectivity index (χ0) is 19.3. The van der Waals surface area contributed by atoms with Crippen LogP contribution in [0.5, 0.6) is 5.75 Å². The van der Waals surface area contributed by atoms with Gasteiger partial charge in [-0.05, 0) is 30.9 Å². The fourth-order valence-corrected chi connectivity index (χ4v) is 3.81. The lowest BCUT2D eigenvalue weighted by Crippen LogP contribution is -2.38. The Hall–Kier alpha value is -2.67. The summed E-state index contributed by atoms with van der Waals surface area (Å²) in [6, 6.07) is 7.75. The molecule has 1 amide bonds. The zero-order valence-corrected chi connectivity index (χ0v) is 16.2. The first-order chi connectivity index (χ1) is 13.7. The number of nitrogens with zero attached hydrogens (tertiary/aromatic N) is 3. The normalized spacial score (nSPS) is 19.0. The first kappa shape index (κ1) is 18.7. The second kappa shape index (κ2) is 8.56. The van der Waals surface area contributed by atoms with Crippen LogP contribution >= 0.6 is 0 Å². The molecule has 2 aliphatic rings. The highest BCUT2D eigenvalue weighted by atomic mass is 16.5. The summed E-state index contributed by atoms with van der Waals surface area (Å²) in [5.74, 6) is 1.61. The van der Waals surface area contributed by atoms with E-state index < -0.39 is 0 Å². The summed E-state index contributed by atoms with van der Waals surface area (Å²) in [5.41, 5.74) is 3.14. The number of methoxy groups -OCH3 is 1. The maximum Gasteiger partial charge on any atom is 0.225 e. The predicted octanol–water partition coefficient (Wildman–Crippen LogP) is 1.74. The molecule has 7 nitrogen and oxygen atoms in total. The van der Waals surface area contributed by atoms with Gasteiger partial charge in [0.1, 0.15) is 5.75 Å². The maximum atomic E-state index is 12.7. The van der Waals surface area contributed by atoms with Gasteiger partial charge in [-0.15, -0.1) is 0 Å². The fourth-order valence-electron chi connectivity index (χ4n) is 3.81. The number of aryl methyl sites for hydroxylation is 1. The van der Waals surface area contributed by atoms with Crippen LogP contribution in [-0.2, 0) is 28.9 Å². The third-order valence-electron chi connectivity index (χ3n) is 5.45. The SMILES string of the molecule is COc1ccccc1CNC(=O)C1CCc2nc(N3CCOCC3)ncc2C1. The van der Waals surface area contributed by atoms with E-state index in [2.05, 4.69) is 15.2 Å². The van der Waals surface area contributed by atoms with Crippen LogP contribution in [-0.4, -0.2) is 49.3 Å². The van der Waals surface area contributed by atoms with Gasteiger partial charge in [-0.25, -0.2) is 9.97 Å². The van der Waals surface area contributed by atoms with Gasteiger partial charge < -0.3 is 19.7 Å². The Morgan fingerprint density at radius 2 is 2.14 bits per heavy atom. The average Bonchev–Trinajstić information content (AvgIpc) is 2.77. The van der Waals surface area contributed by atoms with Crippen molar-refractivity contribution in [3.05, 3.63) is 47.3 Å². The van der Waals surface area contributed by atoms with Gasteiger partial charge in [-0.1, -0.05) is 18.2 Å². The molecule has 28 heavy (non-hydrogen) atoms. The van der Waals surface area contributed by atoms with Crippen LogP contribution in [0, 0.1) is 5.92 Å². The predicted molar refractivity (Wildman–Crippen MR) is 105 cm³/mol. The summed E-state index contributed by atoms with van der Waals surface area (Å²) in [6.45, 7) is 3.56. The number of ether oxygens (including phenoxy) is 2. The van der Waals surface area contributed by atoms with E-state index in [1.54, 1.807) is 7.11 Å². The van der Waals surface area contributed by atoms with Crippen molar-refractivity contribution in [3.63, 3.8) is 0 Å². The van der Waals surface area contributed by atoms with Gasteiger partial charge in [-0.3, -0.25) is 4.79 Å². The van der Waals surface area contributed by atoms with Crippen LogP contribution in [0.15, 0.2) is 30.5 Å². The molecule has 1 saturated heterocycles. The first-order valence-electron chi connectivity index (χ1n) is 9.81. The molecule has 0 spiro atoms. The quantitative estimate of drug-likeness (QED) is 0.849. The van der Waals surface area contributed by atoms with Gasteiger partial charge >= 0.3 is 0 Å². The number of aromatic nitrogens is 2. The number of hydrogen-bond acceptors (Lipinski definition) is 6. The smallest absolute Gasteiger partial charge is 0.225 e. The lowest BCUT2D eigenvalue weighted by Gasteiger charge is -2.28. The van der Waals surface area contributed by atoms with E-state index in [-0.39, 0.29) is 11.8 Å². The lowest BCUT2D eigenvalue weighted by molar-refractivity contribution is -0.125. The summed E-state index contributed by atoms with van der Waals surface area (Å²) >= 11 is 0. The van der Waals surface area contributed by atoms with Crippen LogP contribution in [0.1, 0.15) is 23.2 Å². The van der Waals surface area contributed by atoms with Gasteiger partial charge in [-0.2, -0.15) is 0 Å². The Morgan fingerprint density at radius 1 is 1.32 bits per heavy atom. The number of para-hydroxylation sites is 1. The van der Waals surface area contributed by atoms with Gasteiger partial charge in [0.2, 0.25) is 11.9 Å². The number of carbonyl (C=O) groups is 1. The largest absolute Gasteiger partial charge is 0.496 e. The minimum atomic E-state index is -0.0416. The van der Waals surface area contributed by atoms with Crippen molar-refractivity contribution in [2.45, 2.75) is 25.8 Å².